The van der Waals surface area contributed by atoms with E-state index in [-0.39, 0.29) is 12.5 Å². The first kappa shape index (κ1) is 15.3. The van der Waals surface area contributed by atoms with Gasteiger partial charge in [-0.2, -0.15) is 0 Å². The van der Waals surface area contributed by atoms with E-state index in [0.717, 1.165) is 42.4 Å². The second-order valence-electron chi connectivity index (χ2n) is 5.03. The van der Waals surface area contributed by atoms with Gasteiger partial charge >= 0.3 is 0 Å². The molecule has 0 saturated carbocycles. The topological polar surface area (TPSA) is 55.6 Å². The van der Waals surface area contributed by atoms with Crippen LogP contribution in [0.4, 0.5) is 0 Å². The lowest BCUT2D eigenvalue weighted by Gasteiger charge is -2.26. The molecule has 5 heteroatoms. The van der Waals surface area contributed by atoms with Gasteiger partial charge in [-0.05, 0) is 65.9 Å². The van der Waals surface area contributed by atoms with E-state index >= 15 is 0 Å². The van der Waals surface area contributed by atoms with Gasteiger partial charge in [-0.3, -0.25) is 4.79 Å². The van der Waals surface area contributed by atoms with Crippen molar-refractivity contribution in [2.75, 3.05) is 26.2 Å². The molecule has 1 aromatic carbocycles. The number of nitrogens with zero attached hydrogens (tertiary/aromatic N) is 1. The molecular weight excluding hydrogens is 320 g/mol. The number of benzene rings is 1. The van der Waals surface area contributed by atoms with Crippen LogP contribution >= 0.6 is 15.9 Å². The average Bonchev–Trinajstić information content (AvgIpc) is 2.47. The second kappa shape index (κ2) is 7.64. The van der Waals surface area contributed by atoms with E-state index in [2.05, 4.69) is 15.9 Å². The molecular formula is C15H21BrN2O2. The van der Waals surface area contributed by atoms with Crippen molar-refractivity contribution in [1.82, 2.24) is 4.90 Å². The summed E-state index contributed by atoms with van der Waals surface area (Å²) >= 11 is 3.47. The molecule has 0 aromatic heterocycles. The van der Waals surface area contributed by atoms with E-state index < -0.39 is 0 Å². The van der Waals surface area contributed by atoms with Crippen LogP contribution < -0.4 is 10.5 Å². The molecule has 0 atom stereocenters. The van der Waals surface area contributed by atoms with Gasteiger partial charge in [0, 0.05) is 13.1 Å². The van der Waals surface area contributed by atoms with E-state index in [1.165, 1.54) is 6.42 Å². The molecule has 0 unspecified atom stereocenters. The fraction of sp³-hybridized carbons (Fsp3) is 0.533. The third-order valence-corrected chi connectivity index (χ3v) is 4.11. The molecule has 2 N–H and O–H groups in total. The third-order valence-electron chi connectivity index (χ3n) is 3.49. The fourth-order valence-electron chi connectivity index (χ4n) is 2.36. The lowest BCUT2D eigenvalue weighted by molar-refractivity contribution is -0.134. The van der Waals surface area contributed by atoms with Gasteiger partial charge in [0.05, 0.1) is 4.47 Å². The molecule has 110 valence electrons. The Kier molecular flexibility index (Phi) is 5.86. The third kappa shape index (κ3) is 4.21. The van der Waals surface area contributed by atoms with Crippen LogP contribution in [-0.4, -0.2) is 37.0 Å². The maximum absolute atomic E-state index is 12.0. The minimum atomic E-state index is 0.0719. The van der Waals surface area contributed by atoms with Crippen LogP contribution in [0.25, 0.3) is 0 Å². The predicted octanol–water partition coefficient (Wildman–Crippen LogP) is 2.34. The number of hydrogen-bond acceptors (Lipinski definition) is 3. The Bertz CT molecular complexity index is 459. The molecule has 1 aliphatic heterocycles. The van der Waals surface area contributed by atoms with Crippen molar-refractivity contribution in [1.29, 1.82) is 0 Å². The SMILES string of the molecule is NCCc1ccc(OCC(=O)N2CCCCC2)c(Br)c1. The number of carbonyl (C=O) groups excluding carboxylic acids is 1. The number of piperidine rings is 1. The molecule has 1 saturated heterocycles. The van der Waals surface area contributed by atoms with Crippen molar-refractivity contribution in [3.63, 3.8) is 0 Å². The Morgan fingerprint density at radius 2 is 2.05 bits per heavy atom. The number of likely N-dealkylation sites (tertiary alicyclic amines) is 1. The zero-order valence-electron chi connectivity index (χ0n) is 11.6. The van der Waals surface area contributed by atoms with E-state index in [0.29, 0.717) is 12.3 Å². The van der Waals surface area contributed by atoms with E-state index in [4.69, 9.17) is 10.5 Å². The van der Waals surface area contributed by atoms with Gasteiger partial charge in [-0.25, -0.2) is 0 Å². The van der Waals surface area contributed by atoms with E-state index in [1.54, 1.807) is 0 Å². The van der Waals surface area contributed by atoms with Gasteiger partial charge < -0.3 is 15.4 Å². The number of rotatable bonds is 5. The summed E-state index contributed by atoms with van der Waals surface area (Å²) in [5.41, 5.74) is 6.69. The number of halogens is 1. The Balaban J connectivity index is 1.88. The highest BCUT2D eigenvalue weighted by atomic mass is 79.9. The second-order valence-corrected chi connectivity index (χ2v) is 5.89. The first-order chi connectivity index (χ1) is 9.70. The summed E-state index contributed by atoms with van der Waals surface area (Å²) in [6.07, 6.45) is 4.26. The van der Waals surface area contributed by atoms with Crippen LogP contribution in [0.3, 0.4) is 0 Å². The highest BCUT2D eigenvalue weighted by molar-refractivity contribution is 9.10. The summed E-state index contributed by atoms with van der Waals surface area (Å²) in [6.45, 7) is 2.45. The average molecular weight is 341 g/mol. The Labute approximate surface area is 128 Å². The van der Waals surface area contributed by atoms with Gasteiger partial charge in [0.25, 0.3) is 5.91 Å². The standard InChI is InChI=1S/C15H21BrN2O2/c16-13-10-12(6-7-17)4-5-14(13)20-11-15(19)18-8-2-1-3-9-18/h4-5,10H,1-3,6-9,11,17H2. The molecule has 20 heavy (non-hydrogen) atoms. The lowest BCUT2D eigenvalue weighted by atomic mass is 10.1. The van der Waals surface area contributed by atoms with Crippen molar-refractivity contribution >= 4 is 21.8 Å². The molecule has 1 amide bonds. The van der Waals surface area contributed by atoms with Crippen LogP contribution in [0.2, 0.25) is 0 Å². The molecule has 1 aliphatic rings. The number of carbonyl (C=O) groups is 1. The van der Waals surface area contributed by atoms with E-state index in [1.807, 2.05) is 23.1 Å². The molecule has 0 aliphatic carbocycles. The molecule has 0 spiro atoms. The van der Waals surface area contributed by atoms with Crippen molar-refractivity contribution in [2.45, 2.75) is 25.7 Å². The van der Waals surface area contributed by atoms with Crippen LogP contribution in [-0.2, 0) is 11.2 Å². The fourth-order valence-corrected chi connectivity index (χ4v) is 2.90. The normalized spacial score (nSPS) is 15.2. The summed E-state index contributed by atoms with van der Waals surface area (Å²) in [5, 5.41) is 0. The first-order valence-corrected chi connectivity index (χ1v) is 7.89. The molecule has 4 nitrogen and oxygen atoms in total. The zero-order valence-corrected chi connectivity index (χ0v) is 13.2. The van der Waals surface area contributed by atoms with Crippen LogP contribution in [0, 0.1) is 0 Å². The van der Waals surface area contributed by atoms with Crippen molar-refractivity contribution in [2.24, 2.45) is 5.73 Å². The molecule has 1 heterocycles. The molecule has 0 radical (unpaired) electrons. The van der Waals surface area contributed by atoms with Crippen molar-refractivity contribution < 1.29 is 9.53 Å². The monoisotopic (exact) mass is 340 g/mol. The summed E-state index contributed by atoms with van der Waals surface area (Å²) < 4.78 is 6.49. The highest BCUT2D eigenvalue weighted by Crippen LogP contribution is 2.26. The molecule has 2 rings (SSSR count). The summed E-state index contributed by atoms with van der Waals surface area (Å²) in [5.74, 6) is 0.777. The summed E-state index contributed by atoms with van der Waals surface area (Å²) in [4.78, 5) is 13.9. The largest absolute Gasteiger partial charge is 0.483 e. The van der Waals surface area contributed by atoms with Crippen molar-refractivity contribution in [3.8, 4) is 5.75 Å². The van der Waals surface area contributed by atoms with Gasteiger partial charge in [0.1, 0.15) is 5.75 Å². The number of hydrogen-bond donors (Lipinski definition) is 1. The number of amides is 1. The minimum Gasteiger partial charge on any atom is -0.483 e. The Morgan fingerprint density at radius 1 is 1.30 bits per heavy atom. The zero-order chi connectivity index (χ0) is 14.4. The maximum Gasteiger partial charge on any atom is 0.260 e. The first-order valence-electron chi connectivity index (χ1n) is 7.10. The van der Waals surface area contributed by atoms with Crippen LogP contribution in [0.5, 0.6) is 5.75 Å². The summed E-state index contributed by atoms with van der Waals surface area (Å²) in [6, 6.07) is 5.87. The summed E-state index contributed by atoms with van der Waals surface area (Å²) in [7, 11) is 0. The molecule has 0 bridgehead atoms. The van der Waals surface area contributed by atoms with Gasteiger partial charge in [0.15, 0.2) is 6.61 Å². The number of nitrogens with two attached hydrogens (primary N) is 1. The minimum absolute atomic E-state index is 0.0719. The van der Waals surface area contributed by atoms with Crippen LogP contribution in [0.15, 0.2) is 22.7 Å². The smallest absolute Gasteiger partial charge is 0.260 e. The Hall–Kier alpha value is -1.07. The molecule has 1 fully saturated rings. The number of ether oxygens (including phenoxy) is 1. The van der Waals surface area contributed by atoms with E-state index in [9.17, 15) is 4.79 Å². The molecule has 1 aromatic rings. The maximum atomic E-state index is 12.0. The predicted molar refractivity (Wildman–Crippen MR) is 82.8 cm³/mol. The van der Waals surface area contributed by atoms with Gasteiger partial charge in [-0.1, -0.05) is 6.07 Å². The Morgan fingerprint density at radius 3 is 2.70 bits per heavy atom. The van der Waals surface area contributed by atoms with Gasteiger partial charge in [0.2, 0.25) is 0 Å². The highest BCUT2D eigenvalue weighted by Gasteiger charge is 2.17. The van der Waals surface area contributed by atoms with Crippen molar-refractivity contribution in [3.05, 3.63) is 28.2 Å². The quantitative estimate of drug-likeness (QED) is 0.894. The lowest BCUT2D eigenvalue weighted by Crippen LogP contribution is -2.38. The van der Waals surface area contributed by atoms with Gasteiger partial charge in [-0.15, -0.1) is 0 Å². The van der Waals surface area contributed by atoms with Crippen LogP contribution in [0.1, 0.15) is 24.8 Å².